The summed E-state index contributed by atoms with van der Waals surface area (Å²) in [4.78, 5) is 1.18. The van der Waals surface area contributed by atoms with Gasteiger partial charge in [0.15, 0.2) is 0 Å². The minimum absolute atomic E-state index is 0.877. The normalized spacial score (nSPS) is 9.75. The molecular formula is C5H4BBrS. The molecule has 8 heavy (non-hydrogen) atoms. The van der Waals surface area contributed by atoms with E-state index in [-0.39, 0.29) is 0 Å². The third-order valence-electron chi connectivity index (χ3n) is 0.926. The quantitative estimate of drug-likeness (QED) is 0.541. The fourth-order valence-corrected chi connectivity index (χ4v) is 2.09. The van der Waals surface area contributed by atoms with E-state index >= 15 is 0 Å². The molecule has 0 spiro atoms. The highest BCUT2D eigenvalue weighted by Crippen LogP contribution is 2.18. The Morgan fingerprint density at radius 3 is 2.50 bits per heavy atom. The van der Waals surface area contributed by atoms with Gasteiger partial charge in [0.2, 0.25) is 0 Å². The summed E-state index contributed by atoms with van der Waals surface area (Å²) < 4.78 is 1.10. The fraction of sp³-hybridized carbons (Fsp3) is 0.200. The smallest absolute Gasteiger partial charge is 0.115 e. The van der Waals surface area contributed by atoms with E-state index in [1.807, 2.05) is 13.0 Å². The van der Waals surface area contributed by atoms with Crippen LogP contribution in [-0.4, -0.2) is 7.85 Å². The summed E-state index contributed by atoms with van der Waals surface area (Å²) in [6.07, 6.45) is 0. The van der Waals surface area contributed by atoms with Gasteiger partial charge in [0.25, 0.3) is 0 Å². The molecule has 0 aliphatic carbocycles. The maximum atomic E-state index is 5.52. The Morgan fingerprint density at radius 2 is 2.38 bits per heavy atom. The van der Waals surface area contributed by atoms with E-state index in [0.717, 1.165) is 9.25 Å². The van der Waals surface area contributed by atoms with Crippen molar-refractivity contribution in [3.05, 3.63) is 14.7 Å². The zero-order valence-electron chi connectivity index (χ0n) is 4.44. The van der Waals surface area contributed by atoms with Crippen LogP contribution in [-0.2, 0) is 0 Å². The van der Waals surface area contributed by atoms with Gasteiger partial charge in [-0.3, -0.25) is 0 Å². The number of hydrogen-bond donors (Lipinski definition) is 0. The molecule has 3 heteroatoms. The molecule has 1 heterocycles. The lowest BCUT2D eigenvalue weighted by Gasteiger charge is -1.80. The number of aryl methyl sites for hydroxylation is 1. The van der Waals surface area contributed by atoms with Crippen LogP contribution in [0.4, 0.5) is 0 Å². The standard InChI is InChI=1S/C5H4BBrS/c1-3-4(6)2-5(7)8-3/h2H,1H3. The average molecular weight is 187 g/mol. The second-order valence-electron chi connectivity index (χ2n) is 1.56. The lowest BCUT2D eigenvalue weighted by molar-refractivity contribution is 1.69. The van der Waals surface area contributed by atoms with Gasteiger partial charge in [0, 0.05) is 0 Å². The van der Waals surface area contributed by atoms with E-state index in [1.54, 1.807) is 11.3 Å². The van der Waals surface area contributed by atoms with Crippen LogP contribution in [0.5, 0.6) is 0 Å². The lowest BCUT2D eigenvalue weighted by Crippen LogP contribution is -1.98. The van der Waals surface area contributed by atoms with Crippen molar-refractivity contribution in [2.45, 2.75) is 6.92 Å². The van der Waals surface area contributed by atoms with Gasteiger partial charge < -0.3 is 0 Å². The first kappa shape index (κ1) is 6.37. The Kier molecular flexibility index (Phi) is 1.78. The summed E-state index contributed by atoms with van der Waals surface area (Å²) in [6, 6.07) is 1.92. The topological polar surface area (TPSA) is 0 Å². The van der Waals surface area contributed by atoms with Crippen LogP contribution in [0, 0.1) is 6.92 Å². The maximum absolute atomic E-state index is 5.52. The van der Waals surface area contributed by atoms with Crippen molar-refractivity contribution in [2.24, 2.45) is 0 Å². The Balaban J connectivity index is 3.14. The van der Waals surface area contributed by atoms with Crippen molar-refractivity contribution < 1.29 is 0 Å². The second-order valence-corrected chi connectivity index (χ2v) is 4.20. The molecule has 1 aromatic rings. The molecule has 2 radical (unpaired) electrons. The van der Waals surface area contributed by atoms with Gasteiger partial charge in [-0.05, 0) is 33.8 Å². The van der Waals surface area contributed by atoms with Crippen LogP contribution < -0.4 is 5.46 Å². The molecule has 1 rings (SSSR count). The van der Waals surface area contributed by atoms with Gasteiger partial charge in [-0.1, -0.05) is 5.46 Å². The largest absolute Gasteiger partial charge is 0.134 e. The van der Waals surface area contributed by atoms with Crippen LogP contribution in [0.2, 0.25) is 0 Å². The molecule has 40 valence electrons. The lowest BCUT2D eigenvalue weighted by atomic mass is 9.98. The Labute approximate surface area is 62.5 Å². The van der Waals surface area contributed by atoms with E-state index < -0.39 is 0 Å². The number of rotatable bonds is 0. The molecule has 0 bridgehead atoms. The van der Waals surface area contributed by atoms with Gasteiger partial charge in [-0.15, -0.1) is 11.3 Å². The molecule has 0 aliphatic heterocycles. The highest BCUT2D eigenvalue weighted by molar-refractivity contribution is 9.11. The van der Waals surface area contributed by atoms with Gasteiger partial charge in [-0.25, -0.2) is 0 Å². The first-order valence-electron chi connectivity index (χ1n) is 2.21. The van der Waals surface area contributed by atoms with Crippen molar-refractivity contribution >= 4 is 40.6 Å². The summed E-state index contributed by atoms with van der Waals surface area (Å²) in [6.45, 7) is 2.00. The van der Waals surface area contributed by atoms with Crippen LogP contribution in [0.1, 0.15) is 4.88 Å². The zero-order valence-corrected chi connectivity index (χ0v) is 6.84. The van der Waals surface area contributed by atoms with Crippen LogP contribution in [0.15, 0.2) is 9.85 Å². The maximum Gasteiger partial charge on any atom is 0.115 e. The number of thiophene rings is 1. The molecule has 0 saturated carbocycles. The summed E-state index contributed by atoms with van der Waals surface area (Å²) in [5.74, 6) is 0. The SMILES string of the molecule is [B]c1cc(Br)sc1C. The molecule has 0 aliphatic rings. The summed E-state index contributed by atoms with van der Waals surface area (Å²) in [5, 5.41) is 0. The highest BCUT2D eigenvalue weighted by atomic mass is 79.9. The van der Waals surface area contributed by atoms with Crippen LogP contribution in [0.25, 0.3) is 0 Å². The Morgan fingerprint density at radius 1 is 1.75 bits per heavy atom. The molecule has 0 aromatic carbocycles. The minimum atomic E-state index is 0.877. The molecular weight excluding hydrogens is 183 g/mol. The predicted octanol–water partition coefficient (Wildman–Crippen LogP) is 1.61. The van der Waals surface area contributed by atoms with Crippen molar-refractivity contribution in [3.63, 3.8) is 0 Å². The Bertz CT molecular complexity index is 175. The van der Waals surface area contributed by atoms with Gasteiger partial charge >= 0.3 is 0 Å². The van der Waals surface area contributed by atoms with Crippen molar-refractivity contribution in [1.29, 1.82) is 0 Å². The molecule has 0 amide bonds. The molecule has 1 aromatic heterocycles. The molecule has 0 unspecified atom stereocenters. The van der Waals surface area contributed by atoms with E-state index in [2.05, 4.69) is 15.9 Å². The second kappa shape index (κ2) is 2.23. The monoisotopic (exact) mass is 186 g/mol. The third kappa shape index (κ3) is 1.15. The zero-order chi connectivity index (χ0) is 6.15. The van der Waals surface area contributed by atoms with Crippen LogP contribution >= 0.6 is 27.3 Å². The first-order chi connectivity index (χ1) is 3.70. The first-order valence-corrected chi connectivity index (χ1v) is 3.82. The number of hydrogen-bond acceptors (Lipinski definition) is 1. The summed E-state index contributed by atoms with van der Waals surface area (Å²) in [5.41, 5.74) is 0.877. The highest BCUT2D eigenvalue weighted by Gasteiger charge is 1.94. The van der Waals surface area contributed by atoms with E-state index in [0.29, 0.717) is 0 Å². The van der Waals surface area contributed by atoms with Crippen molar-refractivity contribution in [1.82, 2.24) is 0 Å². The van der Waals surface area contributed by atoms with Crippen molar-refractivity contribution in [3.8, 4) is 0 Å². The van der Waals surface area contributed by atoms with E-state index in [1.165, 1.54) is 4.88 Å². The van der Waals surface area contributed by atoms with Gasteiger partial charge in [0.1, 0.15) is 7.85 Å². The fourth-order valence-electron chi connectivity index (χ4n) is 0.459. The van der Waals surface area contributed by atoms with Crippen LogP contribution in [0.3, 0.4) is 0 Å². The van der Waals surface area contributed by atoms with Gasteiger partial charge in [-0.2, -0.15) is 0 Å². The molecule has 0 nitrogen and oxygen atoms in total. The predicted molar refractivity (Wildman–Crippen MR) is 42.1 cm³/mol. The molecule has 0 N–H and O–H groups in total. The third-order valence-corrected chi connectivity index (χ3v) is 2.50. The average Bonchev–Trinajstić information content (AvgIpc) is 1.85. The molecule has 0 saturated heterocycles. The summed E-state index contributed by atoms with van der Waals surface area (Å²) in [7, 11) is 5.52. The minimum Gasteiger partial charge on any atom is -0.134 e. The van der Waals surface area contributed by atoms with E-state index in [4.69, 9.17) is 7.85 Å². The van der Waals surface area contributed by atoms with Crippen molar-refractivity contribution in [2.75, 3.05) is 0 Å². The van der Waals surface area contributed by atoms with Gasteiger partial charge in [0.05, 0.1) is 3.79 Å². The molecule has 0 fully saturated rings. The number of halogens is 1. The Hall–Kier alpha value is 0.245. The summed E-state index contributed by atoms with van der Waals surface area (Å²) >= 11 is 4.98. The molecule has 0 atom stereocenters. The van der Waals surface area contributed by atoms with E-state index in [9.17, 15) is 0 Å².